The van der Waals surface area contributed by atoms with Crippen LogP contribution in [0.3, 0.4) is 0 Å². The van der Waals surface area contributed by atoms with Crippen LogP contribution in [-0.2, 0) is 9.47 Å². The molecule has 6 heteroatoms. The summed E-state index contributed by atoms with van der Waals surface area (Å²) in [7, 11) is 3.27. The summed E-state index contributed by atoms with van der Waals surface area (Å²) >= 11 is 5.61. The molecule has 1 aromatic heterocycles. The first-order valence-corrected chi connectivity index (χ1v) is 4.89. The van der Waals surface area contributed by atoms with Crippen LogP contribution >= 0.6 is 11.6 Å². The molecule has 0 saturated heterocycles. The maximum absolute atomic E-state index is 5.61. The van der Waals surface area contributed by atoms with E-state index in [9.17, 15) is 0 Å². The highest BCUT2D eigenvalue weighted by molar-refractivity contribution is 6.29. The average molecular weight is 232 g/mol. The molecule has 0 fully saturated rings. The molecule has 0 aromatic carbocycles. The molecule has 0 radical (unpaired) electrons. The van der Waals surface area contributed by atoms with Gasteiger partial charge in [0.15, 0.2) is 5.15 Å². The molecule has 0 aliphatic heterocycles. The van der Waals surface area contributed by atoms with Crippen molar-refractivity contribution in [1.29, 1.82) is 0 Å². The van der Waals surface area contributed by atoms with Crippen LogP contribution in [0.4, 0.5) is 5.82 Å². The lowest BCUT2D eigenvalue weighted by molar-refractivity contribution is 0.0365. The molecule has 0 aliphatic carbocycles. The third-order valence-corrected chi connectivity index (χ3v) is 2.03. The van der Waals surface area contributed by atoms with Crippen LogP contribution in [-0.4, -0.2) is 43.7 Å². The molecule has 1 unspecified atom stereocenters. The Morgan fingerprint density at radius 2 is 2.20 bits per heavy atom. The van der Waals surface area contributed by atoms with Gasteiger partial charge in [0.05, 0.1) is 12.7 Å². The van der Waals surface area contributed by atoms with E-state index >= 15 is 0 Å². The number of ether oxygens (including phenoxy) is 2. The van der Waals surface area contributed by atoms with Crippen molar-refractivity contribution in [3.8, 4) is 0 Å². The van der Waals surface area contributed by atoms with Crippen LogP contribution in [0.2, 0.25) is 5.15 Å². The van der Waals surface area contributed by atoms with Crippen LogP contribution in [0.5, 0.6) is 0 Å². The molecule has 0 spiro atoms. The fourth-order valence-electron chi connectivity index (χ4n) is 1.02. The predicted octanol–water partition coefficient (Wildman–Crippen LogP) is 1.20. The van der Waals surface area contributed by atoms with Gasteiger partial charge in [-0.15, -0.1) is 10.2 Å². The Kier molecular flexibility index (Phi) is 5.31. The summed E-state index contributed by atoms with van der Waals surface area (Å²) in [5.74, 6) is 0.664. The number of nitrogens with zero attached hydrogens (tertiary/aromatic N) is 2. The minimum atomic E-state index is -0.00696. The van der Waals surface area contributed by atoms with E-state index in [1.807, 2.05) is 0 Å². The molecule has 5 nitrogen and oxygen atoms in total. The van der Waals surface area contributed by atoms with Gasteiger partial charge < -0.3 is 14.8 Å². The van der Waals surface area contributed by atoms with E-state index in [1.54, 1.807) is 26.4 Å². The maximum atomic E-state index is 5.61. The van der Waals surface area contributed by atoms with Crippen molar-refractivity contribution in [3.05, 3.63) is 17.3 Å². The number of methoxy groups -OCH3 is 2. The molecule has 1 atom stereocenters. The highest BCUT2D eigenvalue weighted by atomic mass is 35.5. The van der Waals surface area contributed by atoms with Gasteiger partial charge in [-0.3, -0.25) is 0 Å². The van der Waals surface area contributed by atoms with E-state index in [-0.39, 0.29) is 6.10 Å². The van der Waals surface area contributed by atoms with Gasteiger partial charge in [-0.2, -0.15) is 0 Å². The van der Waals surface area contributed by atoms with E-state index in [0.29, 0.717) is 24.1 Å². The summed E-state index contributed by atoms with van der Waals surface area (Å²) in [6, 6.07) is 3.43. The van der Waals surface area contributed by atoms with Crippen molar-refractivity contribution in [1.82, 2.24) is 10.2 Å². The lowest BCUT2D eigenvalue weighted by Crippen LogP contribution is -2.26. The smallest absolute Gasteiger partial charge is 0.151 e. The third-order valence-electron chi connectivity index (χ3n) is 1.83. The molecule has 0 aliphatic rings. The Balaban J connectivity index is 2.38. The van der Waals surface area contributed by atoms with E-state index in [4.69, 9.17) is 21.1 Å². The molecule has 1 aromatic rings. The number of aromatic nitrogens is 2. The van der Waals surface area contributed by atoms with Crippen molar-refractivity contribution >= 4 is 17.4 Å². The van der Waals surface area contributed by atoms with E-state index < -0.39 is 0 Å². The molecule has 0 saturated carbocycles. The Morgan fingerprint density at radius 3 is 2.73 bits per heavy atom. The first-order valence-electron chi connectivity index (χ1n) is 4.51. The van der Waals surface area contributed by atoms with Gasteiger partial charge >= 0.3 is 0 Å². The minimum Gasteiger partial charge on any atom is -0.382 e. The van der Waals surface area contributed by atoms with Crippen LogP contribution in [0.25, 0.3) is 0 Å². The Hall–Kier alpha value is -0.910. The molecule has 0 amide bonds. The second-order valence-corrected chi connectivity index (χ2v) is 3.32. The van der Waals surface area contributed by atoms with Gasteiger partial charge in [-0.05, 0) is 12.1 Å². The number of hydrogen-bond donors (Lipinski definition) is 1. The fraction of sp³-hybridized carbons (Fsp3) is 0.556. The quantitative estimate of drug-likeness (QED) is 0.798. The highest BCUT2D eigenvalue weighted by Gasteiger charge is 2.06. The summed E-state index contributed by atoms with van der Waals surface area (Å²) in [6.07, 6.45) is -0.00696. The van der Waals surface area contributed by atoms with Crippen molar-refractivity contribution < 1.29 is 9.47 Å². The second-order valence-electron chi connectivity index (χ2n) is 2.94. The van der Waals surface area contributed by atoms with E-state index in [1.165, 1.54) is 0 Å². The van der Waals surface area contributed by atoms with E-state index in [0.717, 1.165) is 0 Å². The first-order chi connectivity index (χ1) is 7.26. The molecular formula is C9H14ClN3O2. The summed E-state index contributed by atoms with van der Waals surface area (Å²) in [5, 5.41) is 11.0. The maximum Gasteiger partial charge on any atom is 0.151 e. The SMILES string of the molecule is COCC(CNc1ccc(Cl)nn1)OC. The molecule has 1 heterocycles. The van der Waals surface area contributed by atoms with Gasteiger partial charge in [0.2, 0.25) is 0 Å². The van der Waals surface area contributed by atoms with Crippen molar-refractivity contribution in [2.45, 2.75) is 6.10 Å². The Bertz CT molecular complexity index is 281. The minimum absolute atomic E-state index is 0.00696. The Morgan fingerprint density at radius 1 is 1.40 bits per heavy atom. The second kappa shape index (κ2) is 6.55. The van der Waals surface area contributed by atoms with Gasteiger partial charge in [-0.25, -0.2) is 0 Å². The number of hydrogen-bond acceptors (Lipinski definition) is 5. The van der Waals surface area contributed by atoms with Crippen molar-refractivity contribution in [3.63, 3.8) is 0 Å². The van der Waals surface area contributed by atoms with Gasteiger partial charge in [-0.1, -0.05) is 11.6 Å². The summed E-state index contributed by atoms with van der Waals surface area (Å²) in [5.41, 5.74) is 0. The molecule has 1 N–H and O–H groups in total. The molecule has 1 rings (SSSR count). The van der Waals surface area contributed by atoms with E-state index in [2.05, 4.69) is 15.5 Å². The number of nitrogens with one attached hydrogen (secondary N) is 1. The number of halogens is 1. The van der Waals surface area contributed by atoms with Gasteiger partial charge in [0, 0.05) is 20.8 Å². The standard InChI is InChI=1S/C9H14ClN3O2/c1-14-6-7(15-2)5-11-9-4-3-8(10)12-13-9/h3-4,7H,5-6H2,1-2H3,(H,11,13). The normalized spacial score (nSPS) is 12.5. The summed E-state index contributed by atoms with van der Waals surface area (Å²) in [4.78, 5) is 0. The fourth-order valence-corrected chi connectivity index (χ4v) is 1.13. The number of rotatable bonds is 6. The summed E-state index contributed by atoms with van der Waals surface area (Å²) in [6.45, 7) is 1.14. The van der Waals surface area contributed by atoms with Crippen LogP contribution in [0.15, 0.2) is 12.1 Å². The van der Waals surface area contributed by atoms with Gasteiger partial charge in [0.25, 0.3) is 0 Å². The molecule has 0 bridgehead atoms. The van der Waals surface area contributed by atoms with Crippen LogP contribution in [0.1, 0.15) is 0 Å². The van der Waals surface area contributed by atoms with Crippen LogP contribution in [0, 0.1) is 0 Å². The zero-order valence-corrected chi connectivity index (χ0v) is 9.49. The third kappa shape index (κ3) is 4.42. The van der Waals surface area contributed by atoms with Crippen LogP contribution < -0.4 is 5.32 Å². The number of anilines is 1. The summed E-state index contributed by atoms with van der Waals surface area (Å²) < 4.78 is 10.2. The lowest BCUT2D eigenvalue weighted by Gasteiger charge is -2.14. The van der Waals surface area contributed by atoms with Crippen molar-refractivity contribution in [2.75, 3.05) is 32.7 Å². The topological polar surface area (TPSA) is 56.3 Å². The highest BCUT2D eigenvalue weighted by Crippen LogP contribution is 2.06. The lowest BCUT2D eigenvalue weighted by atomic mass is 10.3. The predicted molar refractivity (Wildman–Crippen MR) is 58.2 cm³/mol. The zero-order chi connectivity index (χ0) is 11.1. The monoisotopic (exact) mass is 231 g/mol. The first kappa shape index (κ1) is 12.2. The average Bonchev–Trinajstić information content (AvgIpc) is 2.26. The van der Waals surface area contributed by atoms with Crippen molar-refractivity contribution in [2.24, 2.45) is 0 Å². The molecule has 84 valence electrons. The Labute approximate surface area is 93.7 Å². The zero-order valence-electron chi connectivity index (χ0n) is 8.74. The molecular weight excluding hydrogens is 218 g/mol. The van der Waals surface area contributed by atoms with Gasteiger partial charge in [0.1, 0.15) is 5.82 Å². The largest absolute Gasteiger partial charge is 0.382 e. The molecule has 15 heavy (non-hydrogen) atoms.